The fourth-order valence-electron chi connectivity index (χ4n) is 2.49. The van der Waals surface area contributed by atoms with Gasteiger partial charge in [0.25, 0.3) is 0 Å². The van der Waals surface area contributed by atoms with Gasteiger partial charge in [0.15, 0.2) is 5.78 Å². The third-order valence-electron chi connectivity index (χ3n) is 4.35. The summed E-state index contributed by atoms with van der Waals surface area (Å²) in [6.07, 6.45) is 2.81. The molecule has 0 amide bonds. The molecule has 1 aromatic carbocycles. The maximum absolute atomic E-state index is 12.0. The van der Waals surface area contributed by atoms with Crippen LogP contribution in [0.1, 0.15) is 74.4 Å². The van der Waals surface area contributed by atoms with Crippen LogP contribution in [-0.2, 0) is 5.41 Å². The molecule has 92 valence electrons. The van der Waals surface area contributed by atoms with E-state index in [2.05, 4.69) is 45.9 Å². The van der Waals surface area contributed by atoms with Gasteiger partial charge in [-0.3, -0.25) is 4.79 Å². The van der Waals surface area contributed by atoms with Crippen molar-refractivity contribution < 1.29 is 4.79 Å². The van der Waals surface area contributed by atoms with E-state index in [4.69, 9.17) is 0 Å². The van der Waals surface area contributed by atoms with Crippen molar-refractivity contribution in [1.29, 1.82) is 0 Å². The number of carbonyl (C=O) groups excluding carboxylic acids is 1. The van der Waals surface area contributed by atoms with Crippen LogP contribution in [0.5, 0.6) is 0 Å². The predicted octanol–water partition coefficient (Wildman–Crippen LogP) is 4.45. The number of hydrogen-bond donors (Lipinski definition) is 0. The maximum Gasteiger partial charge on any atom is 0.163 e. The normalized spacial score (nSPS) is 20.2. The zero-order valence-corrected chi connectivity index (χ0v) is 11.3. The van der Waals surface area contributed by atoms with Gasteiger partial charge >= 0.3 is 0 Å². The van der Waals surface area contributed by atoms with E-state index < -0.39 is 0 Å². The van der Waals surface area contributed by atoms with Crippen molar-refractivity contribution in [3.63, 3.8) is 0 Å². The Morgan fingerprint density at radius 1 is 1.35 bits per heavy atom. The second-order valence-corrected chi connectivity index (χ2v) is 5.90. The van der Waals surface area contributed by atoms with E-state index in [0.717, 1.165) is 18.4 Å². The van der Waals surface area contributed by atoms with Crippen LogP contribution in [0.4, 0.5) is 0 Å². The Kier molecular flexibility index (Phi) is 3.11. The molecule has 0 fully saturated rings. The molecule has 2 rings (SSSR count). The van der Waals surface area contributed by atoms with Gasteiger partial charge in [-0.25, -0.2) is 0 Å². The molecule has 1 aliphatic rings. The molecule has 1 atom stereocenters. The molecule has 1 nitrogen and oxygen atoms in total. The minimum Gasteiger partial charge on any atom is -0.294 e. The van der Waals surface area contributed by atoms with Gasteiger partial charge in [0.05, 0.1) is 0 Å². The van der Waals surface area contributed by atoms with Gasteiger partial charge in [-0.15, -0.1) is 0 Å². The van der Waals surface area contributed by atoms with E-state index in [1.807, 2.05) is 0 Å². The van der Waals surface area contributed by atoms with Crippen molar-refractivity contribution in [3.8, 4) is 0 Å². The van der Waals surface area contributed by atoms with Crippen molar-refractivity contribution in [2.45, 2.75) is 58.3 Å². The van der Waals surface area contributed by atoms with Crippen molar-refractivity contribution in [2.75, 3.05) is 0 Å². The largest absolute Gasteiger partial charge is 0.294 e. The molecule has 0 aromatic heterocycles. The summed E-state index contributed by atoms with van der Waals surface area (Å²) in [7, 11) is 0. The highest BCUT2D eigenvalue weighted by Gasteiger charge is 2.25. The number of ketones is 1. The minimum absolute atomic E-state index is 0.163. The first-order chi connectivity index (χ1) is 7.95. The van der Waals surface area contributed by atoms with Crippen LogP contribution in [0.2, 0.25) is 0 Å². The number of rotatable bonds is 2. The molecule has 0 bridgehead atoms. The van der Waals surface area contributed by atoms with Gasteiger partial charge < -0.3 is 0 Å². The van der Waals surface area contributed by atoms with Crippen LogP contribution >= 0.6 is 0 Å². The van der Waals surface area contributed by atoms with Gasteiger partial charge in [-0.1, -0.05) is 39.8 Å². The lowest BCUT2D eigenvalue weighted by molar-refractivity contribution is 0.0968. The highest BCUT2D eigenvalue weighted by molar-refractivity contribution is 5.99. The number of Topliss-reactive ketones (excluding diaryl/α,β-unsaturated/α-hetero) is 1. The van der Waals surface area contributed by atoms with Crippen LogP contribution in [0.3, 0.4) is 0 Å². The van der Waals surface area contributed by atoms with Crippen molar-refractivity contribution >= 4 is 5.78 Å². The summed E-state index contributed by atoms with van der Waals surface area (Å²) < 4.78 is 0. The fourth-order valence-corrected chi connectivity index (χ4v) is 2.49. The second-order valence-electron chi connectivity index (χ2n) is 5.90. The molecule has 0 radical (unpaired) electrons. The maximum atomic E-state index is 12.0. The molecule has 1 unspecified atom stereocenters. The highest BCUT2D eigenvalue weighted by Crippen LogP contribution is 2.35. The summed E-state index contributed by atoms with van der Waals surface area (Å²) in [6, 6.07) is 6.51. The summed E-state index contributed by atoms with van der Waals surface area (Å²) in [4.78, 5) is 12.0. The van der Waals surface area contributed by atoms with Gasteiger partial charge in [0.2, 0.25) is 0 Å². The lowest BCUT2D eigenvalue weighted by atomic mass is 9.77. The number of carbonyl (C=O) groups is 1. The third-order valence-corrected chi connectivity index (χ3v) is 4.35. The zero-order chi connectivity index (χ0) is 12.6. The molecule has 1 heteroatoms. The molecule has 1 aromatic rings. The Morgan fingerprint density at radius 2 is 2.06 bits per heavy atom. The fraction of sp³-hybridized carbons (Fsp3) is 0.562. The Morgan fingerprint density at radius 3 is 2.71 bits per heavy atom. The molecule has 0 N–H and O–H groups in total. The van der Waals surface area contributed by atoms with Crippen molar-refractivity contribution in [1.82, 2.24) is 0 Å². The quantitative estimate of drug-likeness (QED) is 0.733. The zero-order valence-electron chi connectivity index (χ0n) is 11.3. The summed E-state index contributed by atoms with van der Waals surface area (Å²) in [5.41, 5.74) is 3.68. The van der Waals surface area contributed by atoms with E-state index in [-0.39, 0.29) is 5.41 Å². The van der Waals surface area contributed by atoms with Crippen LogP contribution in [-0.4, -0.2) is 5.78 Å². The monoisotopic (exact) mass is 230 g/mol. The molecular weight excluding hydrogens is 208 g/mol. The van der Waals surface area contributed by atoms with Crippen LogP contribution in [0.15, 0.2) is 18.2 Å². The van der Waals surface area contributed by atoms with E-state index in [1.165, 1.54) is 11.1 Å². The Balaban J connectivity index is 2.49. The summed E-state index contributed by atoms with van der Waals surface area (Å²) in [6.45, 7) is 8.90. The topological polar surface area (TPSA) is 17.1 Å². The van der Waals surface area contributed by atoms with E-state index in [1.54, 1.807) is 0 Å². The lowest BCUT2D eigenvalue weighted by Gasteiger charge is -2.27. The molecule has 0 saturated heterocycles. The molecule has 1 aliphatic carbocycles. The first-order valence-corrected chi connectivity index (χ1v) is 6.63. The minimum atomic E-state index is 0.163. The first kappa shape index (κ1) is 12.3. The smallest absolute Gasteiger partial charge is 0.163 e. The Labute approximate surface area is 104 Å². The molecule has 0 aliphatic heterocycles. The predicted molar refractivity (Wildman–Crippen MR) is 71.7 cm³/mol. The number of hydrogen-bond acceptors (Lipinski definition) is 1. The highest BCUT2D eigenvalue weighted by atomic mass is 16.1. The SMILES string of the molecule is CCC(C)(C)c1ccc2c(c1)C(=O)CCC2C. The third kappa shape index (κ3) is 2.15. The molecule has 0 saturated carbocycles. The van der Waals surface area contributed by atoms with Gasteiger partial charge in [0, 0.05) is 12.0 Å². The molecule has 0 spiro atoms. The van der Waals surface area contributed by atoms with Crippen molar-refractivity contribution in [3.05, 3.63) is 34.9 Å². The molecule has 0 heterocycles. The average molecular weight is 230 g/mol. The van der Waals surface area contributed by atoms with E-state index in [9.17, 15) is 4.79 Å². The van der Waals surface area contributed by atoms with E-state index >= 15 is 0 Å². The summed E-state index contributed by atoms with van der Waals surface area (Å²) in [5.74, 6) is 0.855. The number of fused-ring (bicyclic) bond motifs is 1. The number of benzene rings is 1. The van der Waals surface area contributed by atoms with Gasteiger partial charge in [0.1, 0.15) is 0 Å². The summed E-state index contributed by atoms with van der Waals surface area (Å²) >= 11 is 0. The first-order valence-electron chi connectivity index (χ1n) is 6.63. The average Bonchev–Trinajstić information content (AvgIpc) is 2.33. The second kappa shape index (κ2) is 4.29. The van der Waals surface area contributed by atoms with Gasteiger partial charge in [-0.2, -0.15) is 0 Å². The molecular formula is C16H22O. The Hall–Kier alpha value is -1.11. The van der Waals surface area contributed by atoms with Crippen molar-refractivity contribution in [2.24, 2.45) is 0 Å². The lowest BCUT2D eigenvalue weighted by Crippen LogP contribution is -2.19. The van der Waals surface area contributed by atoms with Crippen LogP contribution in [0, 0.1) is 0 Å². The van der Waals surface area contributed by atoms with Gasteiger partial charge in [-0.05, 0) is 41.4 Å². The molecule has 17 heavy (non-hydrogen) atoms. The Bertz CT molecular complexity index is 443. The van der Waals surface area contributed by atoms with E-state index in [0.29, 0.717) is 18.1 Å². The van der Waals surface area contributed by atoms with Crippen LogP contribution in [0.25, 0.3) is 0 Å². The standard InChI is InChI=1S/C16H22O/c1-5-16(3,4)12-7-8-13-11(2)6-9-15(17)14(13)10-12/h7-8,10-11H,5-6,9H2,1-4H3. The van der Waals surface area contributed by atoms with Crippen LogP contribution < -0.4 is 0 Å². The summed E-state index contributed by atoms with van der Waals surface area (Å²) in [5, 5.41) is 0.